The predicted molar refractivity (Wildman–Crippen MR) is 107 cm³/mol. The van der Waals surface area contributed by atoms with Crippen molar-refractivity contribution in [2.24, 2.45) is 0 Å². The maximum Gasteiger partial charge on any atom is 0.278 e. The van der Waals surface area contributed by atoms with Gasteiger partial charge in [0.25, 0.3) is 5.91 Å². The molecule has 3 aromatic rings. The van der Waals surface area contributed by atoms with Gasteiger partial charge in [-0.2, -0.15) is 5.10 Å². The van der Waals surface area contributed by atoms with Gasteiger partial charge in [-0.1, -0.05) is 36.4 Å². The number of nitrogens with zero attached hydrogens (tertiary/aromatic N) is 3. The minimum absolute atomic E-state index is 0.136. The third kappa shape index (κ3) is 4.15. The van der Waals surface area contributed by atoms with Crippen LogP contribution in [0.3, 0.4) is 0 Å². The van der Waals surface area contributed by atoms with E-state index in [0.29, 0.717) is 5.56 Å². The second kappa shape index (κ2) is 8.01. The molecular formula is C22H21N3O2. The van der Waals surface area contributed by atoms with Crippen LogP contribution < -0.4 is 4.90 Å². The lowest BCUT2D eigenvalue weighted by Crippen LogP contribution is -2.36. The summed E-state index contributed by atoms with van der Waals surface area (Å²) in [4.78, 5) is 14.9. The van der Waals surface area contributed by atoms with E-state index in [1.807, 2.05) is 72.8 Å². The lowest BCUT2D eigenvalue weighted by Gasteiger charge is -2.28. The van der Waals surface area contributed by atoms with Gasteiger partial charge in [-0.15, -0.1) is 0 Å². The molecule has 1 fully saturated rings. The van der Waals surface area contributed by atoms with Gasteiger partial charge in [0.15, 0.2) is 0 Å². The molecule has 4 rings (SSSR count). The monoisotopic (exact) mass is 359 g/mol. The Labute approximate surface area is 158 Å². The number of hydrogen-bond acceptors (Lipinski definition) is 4. The van der Waals surface area contributed by atoms with Gasteiger partial charge in [-0.05, 0) is 42.0 Å². The second-order valence-electron chi connectivity index (χ2n) is 6.38. The highest BCUT2D eigenvalue weighted by molar-refractivity contribution is 5.95. The van der Waals surface area contributed by atoms with E-state index in [9.17, 15) is 4.79 Å². The molecule has 5 nitrogen and oxygen atoms in total. The maximum absolute atomic E-state index is 12.7. The van der Waals surface area contributed by atoms with Crippen molar-refractivity contribution in [1.29, 1.82) is 0 Å². The van der Waals surface area contributed by atoms with E-state index in [2.05, 4.69) is 10.00 Å². The fraction of sp³-hybridized carbons (Fsp3) is 0.182. The van der Waals surface area contributed by atoms with E-state index in [0.717, 1.165) is 43.2 Å². The number of rotatable bonds is 4. The van der Waals surface area contributed by atoms with Gasteiger partial charge in [-0.3, -0.25) is 4.79 Å². The Bertz CT molecular complexity index is 924. The predicted octanol–water partition coefficient (Wildman–Crippen LogP) is 3.58. The van der Waals surface area contributed by atoms with E-state index < -0.39 is 0 Å². The number of anilines is 1. The smallest absolute Gasteiger partial charge is 0.278 e. The Morgan fingerprint density at radius 1 is 0.926 bits per heavy atom. The van der Waals surface area contributed by atoms with Crippen molar-refractivity contribution in [1.82, 2.24) is 9.78 Å². The zero-order valence-electron chi connectivity index (χ0n) is 15.0. The van der Waals surface area contributed by atoms with Crippen LogP contribution in [0.5, 0.6) is 0 Å². The number of carbonyl (C=O) groups excluding carboxylic acids is 1. The fourth-order valence-corrected chi connectivity index (χ4v) is 3.05. The summed E-state index contributed by atoms with van der Waals surface area (Å²) in [6.45, 7) is 3.24. The van der Waals surface area contributed by atoms with E-state index in [1.54, 1.807) is 6.20 Å². The average Bonchev–Trinajstić information content (AvgIpc) is 3.22. The molecule has 1 aliphatic rings. The van der Waals surface area contributed by atoms with Gasteiger partial charge in [0.2, 0.25) is 0 Å². The molecular weight excluding hydrogens is 338 g/mol. The van der Waals surface area contributed by atoms with Gasteiger partial charge < -0.3 is 9.64 Å². The molecule has 1 aromatic heterocycles. The Balaban J connectivity index is 1.45. The minimum atomic E-state index is -0.136. The first-order chi connectivity index (χ1) is 13.3. The number of ether oxygens (including phenoxy) is 1. The van der Waals surface area contributed by atoms with E-state index in [-0.39, 0.29) is 5.91 Å². The van der Waals surface area contributed by atoms with Crippen molar-refractivity contribution in [3.63, 3.8) is 0 Å². The highest BCUT2D eigenvalue weighted by Gasteiger charge is 2.13. The first kappa shape index (κ1) is 17.2. The second-order valence-corrected chi connectivity index (χ2v) is 6.38. The third-order valence-electron chi connectivity index (χ3n) is 4.55. The zero-order valence-corrected chi connectivity index (χ0v) is 15.0. The van der Waals surface area contributed by atoms with Crippen LogP contribution in [0.2, 0.25) is 0 Å². The molecule has 0 N–H and O–H groups in total. The highest BCUT2D eigenvalue weighted by Crippen LogP contribution is 2.17. The Kier molecular flexibility index (Phi) is 5.12. The molecule has 2 heterocycles. The summed E-state index contributed by atoms with van der Waals surface area (Å²) in [6, 6.07) is 19.5. The molecule has 1 saturated heterocycles. The van der Waals surface area contributed by atoms with Crippen LogP contribution in [0.15, 0.2) is 66.9 Å². The summed E-state index contributed by atoms with van der Waals surface area (Å²) in [5.41, 5.74) is 3.57. The van der Waals surface area contributed by atoms with Crippen LogP contribution in [0.4, 0.5) is 5.69 Å². The van der Waals surface area contributed by atoms with Gasteiger partial charge in [0.05, 0.1) is 18.9 Å². The number of benzene rings is 2. The first-order valence-electron chi connectivity index (χ1n) is 9.06. The molecule has 0 spiro atoms. The zero-order chi connectivity index (χ0) is 18.5. The van der Waals surface area contributed by atoms with Crippen molar-refractivity contribution in [2.75, 3.05) is 31.2 Å². The van der Waals surface area contributed by atoms with Gasteiger partial charge in [-0.25, -0.2) is 4.68 Å². The largest absolute Gasteiger partial charge is 0.378 e. The molecule has 0 unspecified atom stereocenters. The molecule has 5 heteroatoms. The summed E-state index contributed by atoms with van der Waals surface area (Å²) in [5, 5.41) is 4.37. The summed E-state index contributed by atoms with van der Waals surface area (Å²) in [6.07, 6.45) is 5.58. The highest BCUT2D eigenvalue weighted by atomic mass is 16.5. The van der Waals surface area contributed by atoms with Gasteiger partial charge in [0.1, 0.15) is 0 Å². The average molecular weight is 359 g/mol. The van der Waals surface area contributed by atoms with Crippen LogP contribution in [0.25, 0.3) is 12.2 Å². The van der Waals surface area contributed by atoms with Gasteiger partial charge in [0, 0.05) is 30.5 Å². The van der Waals surface area contributed by atoms with Crippen molar-refractivity contribution in [3.8, 4) is 0 Å². The quantitative estimate of drug-likeness (QED) is 0.714. The van der Waals surface area contributed by atoms with E-state index in [4.69, 9.17) is 4.74 Å². The normalized spacial score (nSPS) is 14.6. The first-order valence-corrected chi connectivity index (χ1v) is 9.06. The number of hydrogen-bond donors (Lipinski definition) is 0. The number of morpholine rings is 1. The maximum atomic E-state index is 12.7. The van der Waals surface area contributed by atoms with Crippen LogP contribution in [-0.2, 0) is 4.74 Å². The van der Waals surface area contributed by atoms with E-state index in [1.165, 1.54) is 4.68 Å². The standard InChI is InChI=1S/C22H21N3O2/c26-22(19-7-10-21(11-8-19)24-14-16-27-17-15-24)25-13-12-20(23-25)9-6-18-4-2-1-3-5-18/h1-13H,14-17H2/b9-6+. The summed E-state index contributed by atoms with van der Waals surface area (Å²) in [7, 11) is 0. The summed E-state index contributed by atoms with van der Waals surface area (Å²) in [5.74, 6) is -0.136. The lowest BCUT2D eigenvalue weighted by atomic mass is 10.2. The molecule has 0 radical (unpaired) electrons. The SMILES string of the molecule is O=C(c1ccc(N2CCOCC2)cc1)n1ccc(/C=C/c2ccccc2)n1. The van der Waals surface area contributed by atoms with Crippen LogP contribution >= 0.6 is 0 Å². The Hall–Kier alpha value is -3.18. The third-order valence-corrected chi connectivity index (χ3v) is 4.55. The van der Waals surface area contributed by atoms with Crippen molar-refractivity contribution >= 4 is 23.7 Å². The molecule has 0 bridgehead atoms. The van der Waals surface area contributed by atoms with Crippen LogP contribution in [0.1, 0.15) is 21.6 Å². The molecule has 0 atom stereocenters. The molecule has 0 amide bonds. The molecule has 136 valence electrons. The molecule has 2 aromatic carbocycles. The van der Waals surface area contributed by atoms with Crippen LogP contribution in [-0.4, -0.2) is 42.0 Å². The number of carbonyl (C=O) groups is 1. The number of aromatic nitrogens is 2. The Morgan fingerprint density at radius 2 is 1.67 bits per heavy atom. The van der Waals surface area contributed by atoms with Crippen molar-refractivity contribution < 1.29 is 9.53 Å². The van der Waals surface area contributed by atoms with Crippen molar-refractivity contribution in [2.45, 2.75) is 0 Å². The lowest BCUT2D eigenvalue weighted by molar-refractivity contribution is 0.0945. The van der Waals surface area contributed by atoms with Gasteiger partial charge >= 0.3 is 0 Å². The summed E-state index contributed by atoms with van der Waals surface area (Å²) < 4.78 is 6.76. The van der Waals surface area contributed by atoms with Crippen molar-refractivity contribution in [3.05, 3.63) is 83.7 Å². The molecule has 0 saturated carbocycles. The van der Waals surface area contributed by atoms with Crippen LogP contribution in [0, 0.1) is 0 Å². The minimum Gasteiger partial charge on any atom is -0.378 e. The molecule has 1 aliphatic heterocycles. The topological polar surface area (TPSA) is 47.4 Å². The fourth-order valence-electron chi connectivity index (χ4n) is 3.05. The molecule has 27 heavy (non-hydrogen) atoms. The Morgan fingerprint density at radius 3 is 2.41 bits per heavy atom. The van der Waals surface area contributed by atoms with E-state index >= 15 is 0 Å². The molecule has 0 aliphatic carbocycles. The summed E-state index contributed by atoms with van der Waals surface area (Å²) >= 11 is 0.